The first-order valence-corrected chi connectivity index (χ1v) is 4.35. The Morgan fingerprint density at radius 1 is 1.27 bits per heavy atom. The molecule has 0 saturated carbocycles. The number of nitrogen functional groups attached to an aromatic ring is 1. The fourth-order valence-electron chi connectivity index (χ4n) is 1.71. The van der Waals surface area contributed by atoms with Crippen LogP contribution in [0.3, 0.4) is 0 Å². The first-order chi connectivity index (χ1) is 6.93. The van der Waals surface area contributed by atoms with Crippen molar-refractivity contribution in [3.05, 3.63) is 35.7 Å². The van der Waals surface area contributed by atoms with E-state index < -0.39 is 11.9 Å². The van der Waals surface area contributed by atoms with Crippen LogP contribution in [0.1, 0.15) is 11.3 Å². The number of anilines is 1. The normalized spacial score (nSPS) is 12.3. The number of halogens is 3. The molecule has 0 aromatic carbocycles. The fourth-order valence-corrected chi connectivity index (χ4v) is 1.71. The van der Waals surface area contributed by atoms with E-state index in [1.807, 2.05) is 0 Å². The standard InChI is InChI=1S/C10H9F3N2/c1-6-8(14)7-4-2-3-5-15(7)9(6)10(11,12)13/h2-5H,14H2,1H3. The summed E-state index contributed by atoms with van der Waals surface area (Å²) in [4.78, 5) is 0. The molecule has 15 heavy (non-hydrogen) atoms. The van der Waals surface area contributed by atoms with E-state index in [4.69, 9.17) is 5.73 Å². The number of hydrogen-bond donors (Lipinski definition) is 1. The van der Waals surface area contributed by atoms with Gasteiger partial charge < -0.3 is 10.1 Å². The molecular formula is C10H9F3N2. The van der Waals surface area contributed by atoms with Crippen molar-refractivity contribution in [2.45, 2.75) is 13.1 Å². The Kier molecular flexibility index (Phi) is 1.92. The molecular weight excluding hydrogens is 205 g/mol. The summed E-state index contributed by atoms with van der Waals surface area (Å²) in [5.74, 6) is 0. The number of hydrogen-bond acceptors (Lipinski definition) is 1. The van der Waals surface area contributed by atoms with Gasteiger partial charge in [-0.2, -0.15) is 13.2 Å². The molecule has 0 radical (unpaired) electrons. The van der Waals surface area contributed by atoms with Crippen LogP contribution in [0, 0.1) is 6.92 Å². The number of rotatable bonds is 0. The van der Waals surface area contributed by atoms with Crippen molar-refractivity contribution in [1.82, 2.24) is 4.40 Å². The molecule has 0 spiro atoms. The number of aromatic nitrogens is 1. The van der Waals surface area contributed by atoms with Gasteiger partial charge in [0.25, 0.3) is 0 Å². The predicted molar refractivity (Wildman–Crippen MR) is 51.5 cm³/mol. The molecule has 0 bridgehead atoms. The number of alkyl halides is 3. The molecule has 2 aromatic rings. The van der Waals surface area contributed by atoms with E-state index in [-0.39, 0.29) is 11.3 Å². The Labute approximate surface area is 84.1 Å². The van der Waals surface area contributed by atoms with Crippen LogP contribution in [0.15, 0.2) is 24.4 Å². The molecule has 5 heteroatoms. The van der Waals surface area contributed by atoms with Crippen LogP contribution in [0.4, 0.5) is 18.9 Å². The molecule has 0 aliphatic heterocycles. The van der Waals surface area contributed by atoms with Gasteiger partial charge in [-0.3, -0.25) is 0 Å². The van der Waals surface area contributed by atoms with Crippen LogP contribution in [-0.2, 0) is 6.18 Å². The summed E-state index contributed by atoms with van der Waals surface area (Å²) in [5.41, 5.74) is 5.57. The smallest absolute Gasteiger partial charge is 0.397 e. The highest BCUT2D eigenvalue weighted by Gasteiger charge is 2.37. The highest BCUT2D eigenvalue weighted by Crippen LogP contribution is 2.37. The number of fused-ring (bicyclic) bond motifs is 1. The Balaban J connectivity index is 2.90. The summed E-state index contributed by atoms with van der Waals surface area (Å²) in [7, 11) is 0. The van der Waals surface area contributed by atoms with Gasteiger partial charge >= 0.3 is 6.18 Å². The predicted octanol–water partition coefficient (Wildman–Crippen LogP) is 2.85. The molecule has 0 atom stereocenters. The monoisotopic (exact) mass is 214 g/mol. The zero-order chi connectivity index (χ0) is 11.2. The van der Waals surface area contributed by atoms with Crippen molar-refractivity contribution in [2.24, 2.45) is 0 Å². The summed E-state index contributed by atoms with van der Waals surface area (Å²) < 4.78 is 39.2. The maximum absolute atomic E-state index is 12.7. The lowest BCUT2D eigenvalue weighted by Gasteiger charge is -2.07. The van der Waals surface area contributed by atoms with Crippen molar-refractivity contribution >= 4 is 11.2 Å². The van der Waals surface area contributed by atoms with Gasteiger partial charge in [0, 0.05) is 11.8 Å². The third-order valence-corrected chi connectivity index (χ3v) is 2.40. The Hall–Kier alpha value is -1.65. The van der Waals surface area contributed by atoms with Crippen LogP contribution in [0.5, 0.6) is 0 Å². The first kappa shape index (κ1) is 9.89. The molecule has 0 saturated heterocycles. The van der Waals surface area contributed by atoms with Gasteiger partial charge in [-0.25, -0.2) is 0 Å². The highest BCUT2D eigenvalue weighted by molar-refractivity contribution is 5.76. The molecule has 2 aromatic heterocycles. The highest BCUT2D eigenvalue weighted by atomic mass is 19.4. The SMILES string of the molecule is Cc1c(N)c2ccccn2c1C(F)(F)F. The molecule has 0 amide bonds. The van der Waals surface area contributed by atoms with Gasteiger partial charge in [0.15, 0.2) is 0 Å². The van der Waals surface area contributed by atoms with Gasteiger partial charge in [0.2, 0.25) is 0 Å². The molecule has 2 heterocycles. The largest absolute Gasteiger partial charge is 0.432 e. The van der Waals surface area contributed by atoms with Gasteiger partial charge in [-0.1, -0.05) is 6.07 Å². The molecule has 80 valence electrons. The van der Waals surface area contributed by atoms with E-state index in [2.05, 4.69) is 0 Å². The summed E-state index contributed by atoms with van der Waals surface area (Å²) in [6.07, 6.45) is -3.02. The van der Waals surface area contributed by atoms with Crippen LogP contribution in [0.2, 0.25) is 0 Å². The van der Waals surface area contributed by atoms with E-state index in [0.717, 1.165) is 4.40 Å². The molecule has 0 fully saturated rings. The van der Waals surface area contributed by atoms with Crippen molar-refractivity contribution < 1.29 is 13.2 Å². The molecule has 0 unspecified atom stereocenters. The number of nitrogens with zero attached hydrogens (tertiary/aromatic N) is 1. The van der Waals surface area contributed by atoms with E-state index in [0.29, 0.717) is 5.52 Å². The summed E-state index contributed by atoms with van der Waals surface area (Å²) >= 11 is 0. The third-order valence-electron chi connectivity index (χ3n) is 2.40. The molecule has 0 aliphatic rings. The Morgan fingerprint density at radius 2 is 1.93 bits per heavy atom. The van der Waals surface area contributed by atoms with Gasteiger partial charge in [0.05, 0.1) is 11.2 Å². The van der Waals surface area contributed by atoms with Gasteiger partial charge in [-0.15, -0.1) is 0 Å². The van der Waals surface area contributed by atoms with Crippen molar-refractivity contribution in [1.29, 1.82) is 0 Å². The van der Waals surface area contributed by atoms with Crippen LogP contribution >= 0.6 is 0 Å². The maximum atomic E-state index is 12.7. The van der Waals surface area contributed by atoms with Gasteiger partial charge in [-0.05, 0) is 19.1 Å². The average Bonchev–Trinajstić information content (AvgIpc) is 2.39. The molecule has 2 N–H and O–H groups in total. The lowest BCUT2D eigenvalue weighted by Crippen LogP contribution is -2.10. The minimum Gasteiger partial charge on any atom is -0.397 e. The first-order valence-electron chi connectivity index (χ1n) is 4.35. The van der Waals surface area contributed by atoms with Crippen molar-refractivity contribution in [3.8, 4) is 0 Å². The second-order valence-corrected chi connectivity index (χ2v) is 3.34. The molecule has 0 aliphatic carbocycles. The van der Waals surface area contributed by atoms with Gasteiger partial charge in [0.1, 0.15) is 5.69 Å². The quantitative estimate of drug-likeness (QED) is 0.718. The van der Waals surface area contributed by atoms with Crippen molar-refractivity contribution in [2.75, 3.05) is 5.73 Å². The Morgan fingerprint density at radius 3 is 2.53 bits per heavy atom. The summed E-state index contributed by atoms with van der Waals surface area (Å²) in [6.45, 7) is 1.38. The molecule has 2 nitrogen and oxygen atoms in total. The zero-order valence-electron chi connectivity index (χ0n) is 7.97. The molecule has 2 rings (SSSR count). The second kappa shape index (κ2) is 2.92. The number of pyridine rings is 1. The Bertz CT molecular complexity index is 511. The summed E-state index contributed by atoms with van der Waals surface area (Å²) in [5, 5.41) is 0. The second-order valence-electron chi connectivity index (χ2n) is 3.34. The third kappa shape index (κ3) is 1.35. The lowest BCUT2D eigenvalue weighted by molar-refractivity contribution is -0.142. The average molecular weight is 214 g/mol. The van der Waals surface area contributed by atoms with E-state index in [1.165, 1.54) is 13.1 Å². The minimum atomic E-state index is -4.38. The summed E-state index contributed by atoms with van der Waals surface area (Å²) in [6, 6.07) is 4.77. The minimum absolute atomic E-state index is 0.0775. The van der Waals surface area contributed by atoms with Crippen LogP contribution < -0.4 is 5.73 Å². The van der Waals surface area contributed by atoms with Crippen molar-refractivity contribution in [3.63, 3.8) is 0 Å². The number of nitrogens with two attached hydrogens (primary N) is 1. The fraction of sp³-hybridized carbons (Fsp3) is 0.200. The topological polar surface area (TPSA) is 30.4 Å². The van der Waals surface area contributed by atoms with E-state index in [1.54, 1.807) is 18.2 Å². The maximum Gasteiger partial charge on any atom is 0.432 e. The van der Waals surface area contributed by atoms with Crippen LogP contribution in [0.25, 0.3) is 5.52 Å². The van der Waals surface area contributed by atoms with Crippen LogP contribution in [-0.4, -0.2) is 4.40 Å². The lowest BCUT2D eigenvalue weighted by atomic mass is 10.2. The van der Waals surface area contributed by atoms with E-state index >= 15 is 0 Å². The zero-order valence-corrected chi connectivity index (χ0v) is 7.97. The van der Waals surface area contributed by atoms with E-state index in [9.17, 15) is 13.2 Å².